The van der Waals surface area contributed by atoms with Crippen molar-refractivity contribution in [3.8, 4) is 0 Å². The van der Waals surface area contributed by atoms with Crippen molar-refractivity contribution in [2.45, 2.75) is 19.3 Å². The van der Waals surface area contributed by atoms with Crippen LogP contribution in [0.5, 0.6) is 0 Å². The number of hydrogen-bond acceptors (Lipinski definition) is 5. The number of amides is 1. The zero-order valence-corrected chi connectivity index (χ0v) is 9.93. The second kappa shape index (κ2) is 4.64. The molecule has 1 aliphatic rings. The lowest BCUT2D eigenvalue weighted by atomic mass is 10.1. The molecular formula is C12H14N4O2. The molecule has 2 aromatic rings. The Morgan fingerprint density at radius 2 is 1.94 bits per heavy atom. The lowest BCUT2D eigenvalue weighted by molar-refractivity contribution is -0.105. The third-order valence-corrected chi connectivity index (χ3v) is 3.31. The number of piperidine rings is 1. The minimum Gasteiger partial charge on any atom is -0.370 e. The van der Waals surface area contributed by atoms with Crippen LogP contribution < -0.4 is 10.2 Å². The van der Waals surface area contributed by atoms with Crippen molar-refractivity contribution in [2.75, 3.05) is 23.3 Å². The highest BCUT2D eigenvalue weighted by Gasteiger charge is 2.18. The molecular weight excluding hydrogens is 232 g/mol. The number of anilines is 2. The maximum absolute atomic E-state index is 10.5. The van der Waals surface area contributed by atoms with Crippen LogP contribution in [0.4, 0.5) is 11.4 Å². The highest BCUT2D eigenvalue weighted by atomic mass is 16.6. The Labute approximate surface area is 104 Å². The first kappa shape index (κ1) is 11.0. The van der Waals surface area contributed by atoms with Crippen LogP contribution in [0.1, 0.15) is 19.3 Å². The summed E-state index contributed by atoms with van der Waals surface area (Å²) in [5.74, 6) is 0. The average Bonchev–Trinajstić information content (AvgIpc) is 2.90. The Hall–Kier alpha value is -2.11. The largest absolute Gasteiger partial charge is 0.370 e. The number of rotatable bonds is 3. The molecule has 94 valence electrons. The summed E-state index contributed by atoms with van der Waals surface area (Å²) in [6.45, 7) is 2.06. The third kappa shape index (κ3) is 1.79. The fraction of sp³-hybridized carbons (Fsp3) is 0.417. The van der Waals surface area contributed by atoms with Crippen LogP contribution in [0.3, 0.4) is 0 Å². The number of benzene rings is 1. The number of nitrogens with one attached hydrogen (secondary N) is 1. The van der Waals surface area contributed by atoms with Crippen LogP contribution in [0.15, 0.2) is 16.8 Å². The molecule has 0 aliphatic carbocycles. The van der Waals surface area contributed by atoms with Crippen molar-refractivity contribution in [3.63, 3.8) is 0 Å². The van der Waals surface area contributed by atoms with E-state index in [-0.39, 0.29) is 0 Å². The molecule has 0 spiro atoms. The molecule has 2 heterocycles. The van der Waals surface area contributed by atoms with Crippen LogP contribution in [0.2, 0.25) is 0 Å². The molecule has 0 saturated carbocycles. The molecule has 1 amide bonds. The van der Waals surface area contributed by atoms with Gasteiger partial charge in [-0.15, -0.1) is 0 Å². The monoisotopic (exact) mass is 246 g/mol. The van der Waals surface area contributed by atoms with Crippen LogP contribution >= 0.6 is 0 Å². The van der Waals surface area contributed by atoms with E-state index in [0.29, 0.717) is 23.1 Å². The summed E-state index contributed by atoms with van der Waals surface area (Å²) in [7, 11) is 0. The molecule has 6 heteroatoms. The van der Waals surface area contributed by atoms with Crippen molar-refractivity contribution >= 4 is 28.8 Å². The Kier molecular flexibility index (Phi) is 2.84. The Balaban J connectivity index is 2.04. The first-order valence-electron chi connectivity index (χ1n) is 6.10. The number of fused-ring (bicyclic) bond motifs is 1. The predicted octanol–water partition coefficient (Wildman–Crippen LogP) is 1.78. The number of carbonyl (C=O) groups excluding carboxylic acids is 1. The number of aromatic nitrogens is 2. The average molecular weight is 246 g/mol. The van der Waals surface area contributed by atoms with Crippen molar-refractivity contribution < 1.29 is 9.42 Å². The number of nitrogens with zero attached hydrogens (tertiary/aromatic N) is 3. The second-order valence-corrected chi connectivity index (χ2v) is 4.40. The van der Waals surface area contributed by atoms with E-state index in [1.54, 1.807) is 0 Å². The summed E-state index contributed by atoms with van der Waals surface area (Å²) in [6.07, 6.45) is 4.30. The smallest absolute Gasteiger partial charge is 0.211 e. The molecule has 1 N–H and O–H groups in total. The van der Waals surface area contributed by atoms with Crippen LogP contribution in [-0.4, -0.2) is 29.8 Å². The Bertz CT molecular complexity index is 560. The molecule has 3 rings (SSSR count). The molecule has 1 fully saturated rings. The van der Waals surface area contributed by atoms with Gasteiger partial charge in [0, 0.05) is 13.1 Å². The summed E-state index contributed by atoms with van der Waals surface area (Å²) in [6, 6.07) is 3.80. The van der Waals surface area contributed by atoms with Crippen molar-refractivity contribution in [1.82, 2.24) is 10.3 Å². The summed E-state index contributed by atoms with van der Waals surface area (Å²) in [4.78, 5) is 12.8. The summed E-state index contributed by atoms with van der Waals surface area (Å²) >= 11 is 0. The molecule has 0 radical (unpaired) electrons. The summed E-state index contributed by atoms with van der Waals surface area (Å²) in [5, 5.41) is 10.4. The van der Waals surface area contributed by atoms with Crippen molar-refractivity contribution in [1.29, 1.82) is 0 Å². The van der Waals surface area contributed by atoms with Gasteiger partial charge < -0.3 is 10.2 Å². The van der Waals surface area contributed by atoms with Crippen molar-refractivity contribution in [3.05, 3.63) is 12.1 Å². The highest BCUT2D eigenvalue weighted by Crippen LogP contribution is 2.31. The van der Waals surface area contributed by atoms with Gasteiger partial charge >= 0.3 is 0 Å². The van der Waals surface area contributed by atoms with Crippen LogP contribution in [0.25, 0.3) is 11.0 Å². The molecule has 0 atom stereocenters. The maximum Gasteiger partial charge on any atom is 0.211 e. The summed E-state index contributed by atoms with van der Waals surface area (Å²) in [5.41, 5.74) is 2.97. The van der Waals surface area contributed by atoms with Gasteiger partial charge in [-0.25, -0.2) is 4.63 Å². The van der Waals surface area contributed by atoms with Gasteiger partial charge in [-0.2, -0.15) is 0 Å². The fourth-order valence-electron chi connectivity index (χ4n) is 2.42. The zero-order valence-electron chi connectivity index (χ0n) is 9.93. The minimum atomic E-state index is 0.602. The van der Waals surface area contributed by atoms with Gasteiger partial charge in [0.25, 0.3) is 0 Å². The second-order valence-electron chi connectivity index (χ2n) is 4.40. The molecule has 1 aromatic heterocycles. The normalized spacial score (nSPS) is 15.9. The lowest BCUT2D eigenvalue weighted by Gasteiger charge is -2.28. The molecule has 1 aromatic carbocycles. The SMILES string of the molecule is O=CNc1ccc(N2CCCCC2)c2nonc12. The van der Waals surface area contributed by atoms with E-state index in [4.69, 9.17) is 4.63 Å². The van der Waals surface area contributed by atoms with Gasteiger partial charge in [-0.05, 0) is 41.7 Å². The van der Waals surface area contributed by atoms with E-state index in [9.17, 15) is 4.79 Å². The van der Waals surface area contributed by atoms with Crippen molar-refractivity contribution in [2.24, 2.45) is 0 Å². The summed E-state index contributed by atoms with van der Waals surface area (Å²) < 4.78 is 4.80. The predicted molar refractivity (Wildman–Crippen MR) is 67.6 cm³/mol. The quantitative estimate of drug-likeness (QED) is 0.836. The van der Waals surface area contributed by atoms with E-state index >= 15 is 0 Å². The standard InChI is InChI=1S/C12H14N4O2/c17-8-13-9-4-5-10(12-11(9)14-18-15-12)16-6-2-1-3-7-16/h4-5,8H,1-3,6-7H2,(H,13,17). The molecule has 0 bridgehead atoms. The minimum absolute atomic E-state index is 0.602. The van der Waals surface area contributed by atoms with Gasteiger partial charge in [0.05, 0.1) is 11.4 Å². The van der Waals surface area contributed by atoms with Gasteiger partial charge in [0.2, 0.25) is 6.41 Å². The van der Waals surface area contributed by atoms with Gasteiger partial charge in [0.15, 0.2) is 11.0 Å². The third-order valence-electron chi connectivity index (χ3n) is 3.31. The highest BCUT2D eigenvalue weighted by molar-refractivity contribution is 5.98. The topological polar surface area (TPSA) is 71.3 Å². The van der Waals surface area contributed by atoms with Gasteiger partial charge in [0.1, 0.15) is 0 Å². The molecule has 6 nitrogen and oxygen atoms in total. The van der Waals surface area contributed by atoms with E-state index in [1.165, 1.54) is 19.3 Å². The number of hydrogen-bond donors (Lipinski definition) is 1. The van der Waals surface area contributed by atoms with E-state index < -0.39 is 0 Å². The fourth-order valence-corrected chi connectivity index (χ4v) is 2.42. The molecule has 18 heavy (non-hydrogen) atoms. The Morgan fingerprint density at radius 1 is 1.17 bits per heavy atom. The molecule has 1 saturated heterocycles. The molecule has 1 aliphatic heterocycles. The number of carbonyl (C=O) groups is 1. The first-order valence-corrected chi connectivity index (χ1v) is 6.10. The van der Waals surface area contributed by atoms with Crippen LogP contribution in [-0.2, 0) is 4.79 Å². The lowest BCUT2D eigenvalue weighted by Crippen LogP contribution is -2.29. The van der Waals surface area contributed by atoms with E-state index in [2.05, 4.69) is 20.5 Å². The van der Waals surface area contributed by atoms with Crippen LogP contribution in [0, 0.1) is 0 Å². The van der Waals surface area contributed by atoms with E-state index in [0.717, 1.165) is 18.8 Å². The van der Waals surface area contributed by atoms with E-state index in [1.807, 2.05) is 12.1 Å². The van der Waals surface area contributed by atoms with Gasteiger partial charge in [-0.1, -0.05) is 0 Å². The maximum atomic E-state index is 10.5. The Morgan fingerprint density at radius 3 is 2.72 bits per heavy atom. The zero-order chi connectivity index (χ0) is 12.4. The van der Waals surface area contributed by atoms with Gasteiger partial charge in [-0.3, -0.25) is 4.79 Å². The first-order chi connectivity index (χ1) is 8.90. The molecule has 0 unspecified atom stereocenters.